The van der Waals surface area contributed by atoms with Crippen molar-refractivity contribution in [2.45, 2.75) is 0 Å². The number of hydrogen-bond acceptors (Lipinski definition) is 7. The van der Waals surface area contributed by atoms with Gasteiger partial charge in [0.15, 0.2) is 12.4 Å². The van der Waals surface area contributed by atoms with Gasteiger partial charge < -0.3 is 15.8 Å². The molecule has 9 nitrogen and oxygen atoms in total. The van der Waals surface area contributed by atoms with Gasteiger partial charge >= 0.3 is 5.97 Å². The Morgan fingerprint density at radius 3 is 2.68 bits per heavy atom. The molecule has 1 amide bonds. The lowest BCUT2D eigenvalue weighted by molar-refractivity contribution is -0.383. The van der Waals surface area contributed by atoms with E-state index in [1.54, 1.807) is 0 Å². The lowest BCUT2D eigenvalue weighted by Crippen LogP contribution is -2.21. The van der Waals surface area contributed by atoms with Gasteiger partial charge in [-0.1, -0.05) is 23.2 Å². The number of nitrogens with two attached hydrogens (primary N) is 1. The van der Waals surface area contributed by atoms with Crippen LogP contribution >= 0.6 is 23.2 Å². The first-order chi connectivity index (χ1) is 11.8. The molecule has 11 heteroatoms. The quantitative estimate of drug-likeness (QED) is 0.349. The first kappa shape index (κ1) is 18.4. The van der Waals surface area contributed by atoms with Gasteiger partial charge in [0.2, 0.25) is 0 Å². The van der Waals surface area contributed by atoms with Crippen LogP contribution in [0.3, 0.4) is 0 Å². The summed E-state index contributed by atoms with van der Waals surface area (Å²) >= 11 is 11.5. The second kappa shape index (κ2) is 7.77. The third-order valence-electron chi connectivity index (χ3n) is 2.86. The van der Waals surface area contributed by atoms with Gasteiger partial charge in [0.25, 0.3) is 11.6 Å². The number of rotatable bonds is 5. The van der Waals surface area contributed by atoms with Crippen molar-refractivity contribution < 1.29 is 19.2 Å². The van der Waals surface area contributed by atoms with Gasteiger partial charge in [-0.15, -0.1) is 0 Å². The number of halogens is 2. The van der Waals surface area contributed by atoms with Crippen LogP contribution in [-0.4, -0.2) is 28.4 Å². The number of nitrogens with one attached hydrogen (secondary N) is 1. The normalized spacial score (nSPS) is 10.2. The maximum Gasteiger partial charge on any atom is 0.338 e. The molecular formula is C14H10Cl2N4O5. The second-order valence-corrected chi connectivity index (χ2v) is 5.48. The molecule has 0 aliphatic carbocycles. The number of nitrogens with zero attached hydrogens (tertiary/aromatic N) is 2. The number of ether oxygens (including phenoxy) is 1. The summed E-state index contributed by atoms with van der Waals surface area (Å²) in [7, 11) is 0. The number of benzene rings is 1. The van der Waals surface area contributed by atoms with Crippen molar-refractivity contribution in [2.75, 3.05) is 17.7 Å². The summed E-state index contributed by atoms with van der Waals surface area (Å²) in [4.78, 5) is 37.5. The minimum absolute atomic E-state index is 0.0511. The molecule has 2 rings (SSSR count). The molecule has 0 aliphatic rings. The smallest absolute Gasteiger partial charge is 0.338 e. The highest BCUT2D eigenvalue weighted by molar-refractivity contribution is 6.36. The molecule has 0 aliphatic heterocycles. The molecule has 25 heavy (non-hydrogen) atoms. The number of esters is 1. The Balaban J connectivity index is 1.98. The minimum atomic E-state index is -0.923. The van der Waals surface area contributed by atoms with Crippen LogP contribution in [0.4, 0.5) is 17.2 Å². The van der Waals surface area contributed by atoms with Gasteiger partial charge in [0, 0.05) is 12.3 Å². The summed E-state index contributed by atoms with van der Waals surface area (Å²) in [6.45, 7) is -0.641. The molecule has 0 unspecified atom stereocenters. The molecule has 0 fully saturated rings. The van der Waals surface area contributed by atoms with Gasteiger partial charge in [0.1, 0.15) is 5.69 Å². The SMILES string of the molecule is Nc1ccc(C(=O)OCC(=O)Nc2ncc(Cl)cc2Cl)cc1[N+](=O)[O-]. The molecule has 0 bridgehead atoms. The zero-order valence-corrected chi connectivity index (χ0v) is 13.9. The molecule has 3 N–H and O–H groups in total. The van der Waals surface area contributed by atoms with Crippen molar-refractivity contribution in [1.29, 1.82) is 0 Å². The Labute approximate surface area is 150 Å². The zero-order chi connectivity index (χ0) is 18.6. The van der Waals surface area contributed by atoms with Gasteiger partial charge in [-0.05, 0) is 18.2 Å². The molecule has 0 saturated heterocycles. The topological polar surface area (TPSA) is 137 Å². The highest BCUT2D eigenvalue weighted by Gasteiger charge is 2.18. The number of hydrogen-bond donors (Lipinski definition) is 2. The Hall–Kier alpha value is -2.91. The lowest BCUT2D eigenvalue weighted by Gasteiger charge is -2.07. The van der Waals surface area contributed by atoms with E-state index >= 15 is 0 Å². The molecular weight excluding hydrogens is 375 g/mol. The minimum Gasteiger partial charge on any atom is -0.452 e. The van der Waals surface area contributed by atoms with E-state index in [4.69, 9.17) is 33.7 Å². The number of nitro groups is 1. The summed E-state index contributed by atoms with van der Waals surface area (Å²) in [5, 5.41) is 13.5. The fraction of sp³-hybridized carbons (Fsp3) is 0.0714. The van der Waals surface area contributed by atoms with Crippen molar-refractivity contribution >= 4 is 52.3 Å². The van der Waals surface area contributed by atoms with Crippen LogP contribution in [0.15, 0.2) is 30.5 Å². The Morgan fingerprint density at radius 1 is 1.32 bits per heavy atom. The van der Waals surface area contributed by atoms with E-state index in [1.807, 2.05) is 0 Å². The summed E-state index contributed by atoms with van der Waals surface area (Å²) in [5.74, 6) is -1.57. The molecule has 2 aromatic rings. The van der Waals surface area contributed by atoms with Crippen molar-refractivity contribution in [1.82, 2.24) is 4.98 Å². The van der Waals surface area contributed by atoms with Gasteiger partial charge in [0.05, 0.1) is 20.5 Å². The van der Waals surface area contributed by atoms with Crippen molar-refractivity contribution in [3.8, 4) is 0 Å². The number of nitro benzene ring substituents is 1. The van der Waals surface area contributed by atoms with E-state index in [2.05, 4.69) is 10.3 Å². The van der Waals surface area contributed by atoms with Crippen molar-refractivity contribution in [3.05, 3.63) is 56.2 Å². The third-order valence-corrected chi connectivity index (χ3v) is 3.36. The molecule has 0 radical (unpaired) electrons. The van der Waals surface area contributed by atoms with E-state index in [0.717, 1.165) is 6.07 Å². The summed E-state index contributed by atoms with van der Waals surface area (Å²) in [5.41, 5.74) is 4.79. The number of aromatic nitrogens is 1. The largest absolute Gasteiger partial charge is 0.452 e. The number of carbonyl (C=O) groups is 2. The zero-order valence-electron chi connectivity index (χ0n) is 12.4. The van der Waals surface area contributed by atoms with Gasteiger partial charge in [-0.25, -0.2) is 9.78 Å². The van der Waals surface area contributed by atoms with Crippen LogP contribution in [0.5, 0.6) is 0 Å². The third kappa shape index (κ3) is 4.78. The van der Waals surface area contributed by atoms with E-state index in [-0.39, 0.29) is 22.1 Å². The molecule has 1 aromatic heterocycles. The number of pyridine rings is 1. The molecule has 1 heterocycles. The Bertz CT molecular complexity index is 859. The van der Waals surface area contributed by atoms with Crippen LogP contribution in [0.1, 0.15) is 10.4 Å². The maximum absolute atomic E-state index is 11.9. The predicted octanol–water partition coefficient (Wildman–Crippen LogP) is 2.67. The van der Waals surface area contributed by atoms with Gasteiger partial charge in [-0.2, -0.15) is 0 Å². The van der Waals surface area contributed by atoms with Crippen LogP contribution in [-0.2, 0) is 9.53 Å². The van der Waals surface area contributed by atoms with Crippen molar-refractivity contribution in [2.24, 2.45) is 0 Å². The fourth-order valence-corrected chi connectivity index (χ4v) is 2.15. The summed E-state index contributed by atoms with van der Waals surface area (Å²) in [6, 6.07) is 4.80. The molecule has 0 atom stereocenters. The van der Waals surface area contributed by atoms with Crippen LogP contribution in [0, 0.1) is 10.1 Å². The molecule has 130 valence electrons. The van der Waals surface area contributed by atoms with Crippen LogP contribution < -0.4 is 11.1 Å². The summed E-state index contributed by atoms with van der Waals surface area (Å²) in [6.07, 6.45) is 1.28. The first-order valence-corrected chi connectivity index (χ1v) is 7.35. The van der Waals surface area contributed by atoms with E-state index in [0.29, 0.717) is 5.02 Å². The predicted molar refractivity (Wildman–Crippen MR) is 90.7 cm³/mol. The Kier molecular flexibility index (Phi) is 5.73. The van der Waals surface area contributed by atoms with Crippen molar-refractivity contribution in [3.63, 3.8) is 0 Å². The molecule has 0 spiro atoms. The standard InChI is InChI=1S/C14H10Cl2N4O5/c15-8-4-9(16)13(18-5-8)19-12(21)6-25-14(22)7-1-2-10(17)11(3-7)20(23)24/h1-5H,6,17H2,(H,18,19,21). The molecule has 0 saturated carbocycles. The highest BCUT2D eigenvalue weighted by atomic mass is 35.5. The number of carbonyl (C=O) groups excluding carboxylic acids is 2. The second-order valence-electron chi connectivity index (χ2n) is 4.64. The van der Waals surface area contributed by atoms with E-state index < -0.39 is 29.1 Å². The lowest BCUT2D eigenvalue weighted by atomic mass is 10.2. The Morgan fingerprint density at radius 2 is 2.04 bits per heavy atom. The van der Waals surface area contributed by atoms with E-state index in [9.17, 15) is 19.7 Å². The first-order valence-electron chi connectivity index (χ1n) is 6.60. The van der Waals surface area contributed by atoms with Crippen LogP contribution in [0.2, 0.25) is 10.0 Å². The maximum atomic E-state index is 11.9. The number of nitrogen functional groups attached to an aromatic ring is 1. The molecule has 1 aromatic carbocycles. The average molecular weight is 385 g/mol. The number of amides is 1. The van der Waals surface area contributed by atoms with E-state index in [1.165, 1.54) is 24.4 Å². The monoisotopic (exact) mass is 384 g/mol. The van der Waals surface area contributed by atoms with Gasteiger partial charge in [-0.3, -0.25) is 14.9 Å². The number of anilines is 2. The van der Waals surface area contributed by atoms with Crippen LogP contribution in [0.25, 0.3) is 0 Å². The summed E-state index contributed by atoms with van der Waals surface area (Å²) < 4.78 is 4.79. The fourth-order valence-electron chi connectivity index (χ4n) is 1.72. The highest BCUT2D eigenvalue weighted by Crippen LogP contribution is 2.23. The average Bonchev–Trinajstić information content (AvgIpc) is 2.55.